The molecule has 4 rings (SSSR count). The van der Waals surface area contributed by atoms with Crippen LogP contribution in [-0.2, 0) is 19.6 Å². The van der Waals surface area contributed by atoms with Crippen LogP contribution in [-0.4, -0.2) is 20.3 Å². The van der Waals surface area contributed by atoms with E-state index in [0.29, 0.717) is 25.2 Å². The summed E-state index contributed by atoms with van der Waals surface area (Å²) in [5.41, 5.74) is 4.63. The molecule has 0 aliphatic rings. The number of hydrogen-bond donors (Lipinski definition) is 0. The Labute approximate surface area is 192 Å². The lowest BCUT2D eigenvalue weighted by Crippen LogP contribution is -2.31. The van der Waals surface area contributed by atoms with Crippen LogP contribution in [0.1, 0.15) is 32.7 Å². The standard InChI is InChI=1S/C27H25N3O3/c1-21-9-5-6-12-24(21)19-28-16-8-15-26(28)20-29(18-22-10-3-2-4-11-22)27(31)23-13-7-14-25(17-23)30(32)33/h2-17H,18-20H2,1H3. The van der Waals surface area contributed by atoms with E-state index < -0.39 is 4.92 Å². The molecule has 0 saturated heterocycles. The van der Waals surface area contributed by atoms with Crippen molar-refractivity contribution in [1.82, 2.24) is 9.47 Å². The molecule has 6 nitrogen and oxygen atoms in total. The molecule has 0 aliphatic carbocycles. The Bertz CT molecular complexity index is 1260. The van der Waals surface area contributed by atoms with E-state index in [1.165, 1.54) is 23.3 Å². The number of hydrogen-bond acceptors (Lipinski definition) is 3. The smallest absolute Gasteiger partial charge is 0.270 e. The Kier molecular flexibility index (Phi) is 6.64. The zero-order valence-corrected chi connectivity index (χ0v) is 18.4. The number of carbonyl (C=O) groups excluding carboxylic acids is 1. The Morgan fingerprint density at radius 2 is 1.67 bits per heavy atom. The van der Waals surface area contributed by atoms with Gasteiger partial charge in [0.15, 0.2) is 0 Å². The van der Waals surface area contributed by atoms with Gasteiger partial charge in [-0.15, -0.1) is 0 Å². The topological polar surface area (TPSA) is 68.4 Å². The van der Waals surface area contributed by atoms with Crippen LogP contribution in [0.2, 0.25) is 0 Å². The van der Waals surface area contributed by atoms with E-state index in [1.807, 2.05) is 60.8 Å². The molecule has 0 N–H and O–H groups in total. The highest BCUT2D eigenvalue weighted by molar-refractivity contribution is 5.94. The Morgan fingerprint density at radius 3 is 2.42 bits per heavy atom. The van der Waals surface area contributed by atoms with Gasteiger partial charge in [0, 0.05) is 42.7 Å². The summed E-state index contributed by atoms with van der Waals surface area (Å²) >= 11 is 0. The second-order valence-electron chi connectivity index (χ2n) is 8.01. The number of nitro benzene ring substituents is 1. The molecule has 0 saturated carbocycles. The third kappa shape index (κ3) is 5.36. The van der Waals surface area contributed by atoms with Gasteiger partial charge in [-0.25, -0.2) is 0 Å². The molecular weight excluding hydrogens is 414 g/mol. The van der Waals surface area contributed by atoms with E-state index in [-0.39, 0.29) is 11.6 Å². The molecule has 33 heavy (non-hydrogen) atoms. The number of rotatable bonds is 8. The van der Waals surface area contributed by atoms with Gasteiger partial charge in [-0.2, -0.15) is 0 Å². The van der Waals surface area contributed by atoms with Crippen molar-refractivity contribution < 1.29 is 9.72 Å². The number of benzene rings is 3. The number of nitro groups is 1. The van der Waals surface area contributed by atoms with Crippen molar-refractivity contribution in [3.8, 4) is 0 Å². The number of carbonyl (C=O) groups is 1. The largest absolute Gasteiger partial charge is 0.345 e. The van der Waals surface area contributed by atoms with Gasteiger partial charge in [0.05, 0.1) is 11.5 Å². The zero-order chi connectivity index (χ0) is 23.2. The maximum atomic E-state index is 13.5. The SMILES string of the molecule is Cc1ccccc1Cn1cccc1CN(Cc1ccccc1)C(=O)c1cccc([N+](=O)[O-])c1. The lowest BCUT2D eigenvalue weighted by atomic mass is 10.1. The van der Waals surface area contributed by atoms with Crippen LogP contribution in [0, 0.1) is 17.0 Å². The minimum atomic E-state index is -0.480. The normalized spacial score (nSPS) is 10.7. The van der Waals surface area contributed by atoms with E-state index in [2.05, 4.69) is 23.6 Å². The van der Waals surface area contributed by atoms with Gasteiger partial charge in [0.25, 0.3) is 11.6 Å². The molecule has 0 unspecified atom stereocenters. The van der Waals surface area contributed by atoms with E-state index in [9.17, 15) is 14.9 Å². The molecule has 166 valence electrons. The number of aromatic nitrogens is 1. The first-order chi connectivity index (χ1) is 16.0. The van der Waals surface area contributed by atoms with Crippen LogP contribution in [0.25, 0.3) is 0 Å². The average Bonchev–Trinajstić information content (AvgIpc) is 3.27. The number of nitrogens with zero attached hydrogens (tertiary/aromatic N) is 3. The molecule has 0 spiro atoms. The van der Waals surface area contributed by atoms with E-state index >= 15 is 0 Å². The molecule has 1 aromatic heterocycles. The lowest BCUT2D eigenvalue weighted by molar-refractivity contribution is -0.384. The minimum Gasteiger partial charge on any atom is -0.345 e. The van der Waals surface area contributed by atoms with Gasteiger partial charge >= 0.3 is 0 Å². The number of non-ortho nitro benzene ring substituents is 1. The predicted octanol–water partition coefficient (Wildman–Crippen LogP) is 5.60. The van der Waals surface area contributed by atoms with Crippen molar-refractivity contribution in [3.05, 3.63) is 135 Å². The molecule has 0 bridgehead atoms. The first-order valence-corrected chi connectivity index (χ1v) is 10.8. The molecule has 3 aromatic carbocycles. The van der Waals surface area contributed by atoms with E-state index in [1.54, 1.807) is 17.0 Å². The van der Waals surface area contributed by atoms with Crippen molar-refractivity contribution in [2.45, 2.75) is 26.6 Å². The average molecular weight is 440 g/mol. The monoisotopic (exact) mass is 439 g/mol. The summed E-state index contributed by atoms with van der Waals surface area (Å²) in [6.45, 7) is 3.58. The second-order valence-corrected chi connectivity index (χ2v) is 8.01. The van der Waals surface area contributed by atoms with Crippen LogP contribution < -0.4 is 0 Å². The fraction of sp³-hybridized carbons (Fsp3) is 0.148. The highest BCUT2D eigenvalue weighted by Crippen LogP contribution is 2.20. The molecule has 0 fully saturated rings. The molecule has 0 atom stereocenters. The van der Waals surface area contributed by atoms with Gasteiger partial charge in [-0.05, 0) is 41.8 Å². The lowest BCUT2D eigenvalue weighted by Gasteiger charge is -2.24. The summed E-state index contributed by atoms with van der Waals surface area (Å²) < 4.78 is 2.14. The summed E-state index contributed by atoms with van der Waals surface area (Å²) in [7, 11) is 0. The number of aryl methyl sites for hydroxylation is 1. The third-order valence-corrected chi connectivity index (χ3v) is 5.69. The van der Waals surface area contributed by atoms with Crippen molar-refractivity contribution in [2.24, 2.45) is 0 Å². The van der Waals surface area contributed by atoms with Crippen LogP contribution >= 0.6 is 0 Å². The van der Waals surface area contributed by atoms with Crippen LogP contribution in [0.5, 0.6) is 0 Å². The molecule has 4 aromatic rings. The van der Waals surface area contributed by atoms with Crippen LogP contribution in [0.15, 0.2) is 97.2 Å². The number of amides is 1. The van der Waals surface area contributed by atoms with Gasteiger partial charge in [0.2, 0.25) is 0 Å². The van der Waals surface area contributed by atoms with Crippen molar-refractivity contribution in [3.63, 3.8) is 0 Å². The predicted molar refractivity (Wildman–Crippen MR) is 128 cm³/mol. The molecule has 1 amide bonds. The van der Waals surface area contributed by atoms with Crippen molar-refractivity contribution in [2.75, 3.05) is 0 Å². The summed E-state index contributed by atoms with van der Waals surface area (Å²) in [6, 6.07) is 27.9. The fourth-order valence-corrected chi connectivity index (χ4v) is 3.85. The minimum absolute atomic E-state index is 0.0940. The summed E-state index contributed by atoms with van der Waals surface area (Å²) in [4.78, 5) is 25.9. The molecule has 6 heteroatoms. The quantitative estimate of drug-likeness (QED) is 0.265. The van der Waals surface area contributed by atoms with Gasteiger partial charge < -0.3 is 9.47 Å². The highest BCUT2D eigenvalue weighted by Gasteiger charge is 2.20. The van der Waals surface area contributed by atoms with Gasteiger partial charge in [0.1, 0.15) is 0 Å². The fourth-order valence-electron chi connectivity index (χ4n) is 3.85. The maximum absolute atomic E-state index is 13.5. The highest BCUT2D eigenvalue weighted by atomic mass is 16.6. The Balaban J connectivity index is 1.63. The van der Waals surface area contributed by atoms with Crippen LogP contribution in [0.4, 0.5) is 5.69 Å². The molecule has 0 aliphatic heterocycles. The first kappa shape index (κ1) is 22.0. The van der Waals surface area contributed by atoms with Gasteiger partial charge in [-0.1, -0.05) is 60.7 Å². The summed E-state index contributed by atoms with van der Waals surface area (Å²) in [6.07, 6.45) is 2.01. The van der Waals surface area contributed by atoms with Gasteiger partial charge in [-0.3, -0.25) is 14.9 Å². The second kappa shape index (κ2) is 9.96. The summed E-state index contributed by atoms with van der Waals surface area (Å²) in [5.74, 6) is -0.244. The molecule has 1 heterocycles. The van der Waals surface area contributed by atoms with Crippen molar-refractivity contribution in [1.29, 1.82) is 0 Å². The molecule has 0 radical (unpaired) electrons. The zero-order valence-electron chi connectivity index (χ0n) is 18.4. The van der Waals surface area contributed by atoms with Crippen LogP contribution in [0.3, 0.4) is 0 Å². The third-order valence-electron chi connectivity index (χ3n) is 5.69. The Morgan fingerprint density at radius 1 is 0.909 bits per heavy atom. The van der Waals surface area contributed by atoms with E-state index in [4.69, 9.17) is 0 Å². The van der Waals surface area contributed by atoms with E-state index in [0.717, 1.165) is 11.3 Å². The molecular formula is C27H25N3O3. The van der Waals surface area contributed by atoms with Crippen molar-refractivity contribution >= 4 is 11.6 Å². The summed E-state index contributed by atoms with van der Waals surface area (Å²) in [5, 5.41) is 11.2. The Hall–Kier alpha value is -4.19. The first-order valence-electron chi connectivity index (χ1n) is 10.8. The maximum Gasteiger partial charge on any atom is 0.270 e.